The van der Waals surface area contributed by atoms with E-state index in [2.05, 4.69) is 67.3 Å². The zero-order valence-electron chi connectivity index (χ0n) is 14.4. The highest BCUT2D eigenvalue weighted by molar-refractivity contribution is 7.80. The molecule has 0 spiro atoms. The summed E-state index contributed by atoms with van der Waals surface area (Å²) in [7, 11) is 0. The largest absolute Gasteiger partial charge is 0.331 e. The summed E-state index contributed by atoms with van der Waals surface area (Å²) >= 11 is 5.39. The summed E-state index contributed by atoms with van der Waals surface area (Å²) in [5.74, 6) is 0. The lowest BCUT2D eigenvalue weighted by Gasteiger charge is -2.23. The Morgan fingerprint density at radius 2 is 1.88 bits per heavy atom. The molecule has 1 aliphatic rings. The molecule has 2 aromatic rings. The van der Waals surface area contributed by atoms with Gasteiger partial charge >= 0.3 is 0 Å². The topological polar surface area (TPSA) is 36.1 Å². The first kappa shape index (κ1) is 16.5. The molecule has 124 valence electrons. The molecule has 0 amide bonds. The molecule has 4 heteroatoms. The fourth-order valence-corrected chi connectivity index (χ4v) is 3.34. The van der Waals surface area contributed by atoms with E-state index in [9.17, 15) is 0 Å². The Hall–Kier alpha value is -2.33. The van der Waals surface area contributed by atoms with Crippen molar-refractivity contribution in [1.29, 1.82) is 0 Å². The summed E-state index contributed by atoms with van der Waals surface area (Å²) in [4.78, 5) is 0. The first-order valence-electron chi connectivity index (χ1n) is 8.23. The predicted molar refractivity (Wildman–Crippen MR) is 106 cm³/mol. The number of anilines is 1. The van der Waals surface area contributed by atoms with Crippen molar-refractivity contribution in [3.8, 4) is 0 Å². The van der Waals surface area contributed by atoms with Crippen LogP contribution in [0, 0.1) is 20.8 Å². The van der Waals surface area contributed by atoms with E-state index in [1.165, 1.54) is 27.8 Å². The van der Waals surface area contributed by atoms with Gasteiger partial charge in [-0.3, -0.25) is 10.9 Å². The van der Waals surface area contributed by atoms with E-state index in [1.807, 2.05) is 12.1 Å². The van der Waals surface area contributed by atoms with Crippen LogP contribution in [-0.2, 0) is 6.42 Å². The van der Waals surface area contributed by atoms with Crippen molar-refractivity contribution in [3.05, 3.63) is 70.3 Å². The minimum Gasteiger partial charge on any atom is -0.331 e. The van der Waals surface area contributed by atoms with Crippen LogP contribution in [0.3, 0.4) is 0 Å². The smallest absolute Gasteiger partial charge is 0.189 e. The van der Waals surface area contributed by atoms with Crippen molar-refractivity contribution >= 4 is 28.7 Å². The first-order chi connectivity index (χ1) is 11.5. The van der Waals surface area contributed by atoms with Crippen molar-refractivity contribution in [2.45, 2.75) is 33.6 Å². The summed E-state index contributed by atoms with van der Waals surface area (Å²) in [5.41, 5.74) is 15.0. The number of hydrazine groups is 1. The summed E-state index contributed by atoms with van der Waals surface area (Å²) in [5, 5.41) is 3.75. The molecule has 3 nitrogen and oxygen atoms in total. The van der Waals surface area contributed by atoms with Gasteiger partial charge in [0.2, 0.25) is 0 Å². The van der Waals surface area contributed by atoms with Gasteiger partial charge in [-0.2, -0.15) is 0 Å². The van der Waals surface area contributed by atoms with E-state index < -0.39 is 0 Å². The maximum absolute atomic E-state index is 5.39. The molecule has 0 radical (unpaired) electrons. The van der Waals surface area contributed by atoms with Crippen LogP contribution in [0.5, 0.6) is 0 Å². The number of fused-ring (bicyclic) bond motifs is 1. The van der Waals surface area contributed by atoms with Gasteiger partial charge in [0, 0.05) is 11.3 Å². The number of benzene rings is 2. The number of hydrogen-bond donors (Lipinski definition) is 3. The summed E-state index contributed by atoms with van der Waals surface area (Å²) < 4.78 is 0. The lowest BCUT2D eigenvalue weighted by molar-refractivity contribution is 0.824. The number of rotatable bonds is 3. The molecule has 0 bridgehead atoms. The highest BCUT2D eigenvalue weighted by atomic mass is 32.1. The highest BCUT2D eigenvalue weighted by Crippen LogP contribution is 2.28. The standard InChI is InChI=1S/C20H23N3S/c1-13-6-4-7-16(11-13)21-20(24)23-22-19-9-5-8-17-15(3)10-14(2)12-18(17)19/h4,6-7,9-12,22H,5,8H2,1-3H3,(H2,21,23,24). The molecule has 0 saturated carbocycles. The van der Waals surface area contributed by atoms with Crippen LogP contribution in [0.15, 0.2) is 42.5 Å². The van der Waals surface area contributed by atoms with E-state index in [0.29, 0.717) is 5.11 Å². The Labute approximate surface area is 149 Å². The van der Waals surface area contributed by atoms with Gasteiger partial charge in [0.05, 0.1) is 5.70 Å². The molecule has 0 unspecified atom stereocenters. The van der Waals surface area contributed by atoms with Crippen molar-refractivity contribution in [2.24, 2.45) is 0 Å². The van der Waals surface area contributed by atoms with E-state index in [0.717, 1.165) is 24.2 Å². The Balaban J connectivity index is 1.67. The second-order valence-electron chi connectivity index (χ2n) is 6.34. The number of nitrogens with one attached hydrogen (secondary N) is 3. The minimum atomic E-state index is 0.554. The average Bonchev–Trinajstić information content (AvgIpc) is 2.53. The number of hydrogen-bond acceptors (Lipinski definition) is 2. The van der Waals surface area contributed by atoms with E-state index >= 15 is 0 Å². The predicted octanol–water partition coefficient (Wildman–Crippen LogP) is 4.39. The van der Waals surface area contributed by atoms with Gasteiger partial charge in [-0.25, -0.2) is 0 Å². The summed E-state index contributed by atoms with van der Waals surface area (Å²) in [6, 6.07) is 12.6. The monoisotopic (exact) mass is 337 g/mol. The normalized spacial score (nSPS) is 12.9. The fourth-order valence-electron chi connectivity index (χ4n) is 3.17. The van der Waals surface area contributed by atoms with Crippen LogP contribution in [-0.4, -0.2) is 5.11 Å². The summed E-state index contributed by atoms with van der Waals surface area (Å²) in [6.45, 7) is 6.39. The number of thiocarbonyl (C=S) groups is 1. The van der Waals surface area contributed by atoms with Gasteiger partial charge in [-0.1, -0.05) is 29.8 Å². The molecule has 0 fully saturated rings. The van der Waals surface area contributed by atoms with Gasteiger partial charge < -0.3 is 5.32 Å². The van der Waals surface area contributed by atoms with Gasteiger partial charge in [0.1, 0.15) is 0 Å². The third kappa shape index (κ3) is 3.77. The quantitative estimate of drug-likeness (QED) is 0.573. The second-order valence-corrected chi connectivity index (χ2v) is 6.75. The van der Waals surface area contributed by atoms with Gasteiger partial charge in [0.15, 0.2) is 5.11 Å². The Morgan fingerprint density at radius 3 is 2.67 bits per heavy atom. The maximum Gasteiger partial charge on any atom is 0.189 e. The molecule has 0 heterocycles. The zero-order chi connectivity index (χ0) is 17.1. The molecule has 1 aliphatic carbocycles. The molecule has 0 atom stereocenters. The van der Waals surface area contributed by atoms with E-state index in [-0.39, 0.29) is 0 Å². The lowest BCUT2D eigenvalue weighted by atomic mass is 9.90. The average molecular weight is 337 g/mol. The van der Waals surface area contributed by atoms with E-state index in [4.69, 9.17) is 12.2 Å². The van der Waals surface area contributed by atoms with Crippen molar-refractivity contribution < 1.29 is 0 Å². The van der Waals surface area contributed by atoms with Crippen LogP contribution in [0.25, 0.3) is 5.70 Å². The second kappa shape index (κ2) is 7.05. The molecule has 3 N–H and O–H groups in total. The van der Waals surface area contributed by atoms with Crippen molar-refractivity contribution in [1.82, 2.24) is 10.9 Å². The van der Waals surface area contributed by atoms with Crippen molar-refractivity contribution in [3.63, 3.8) is 0 Å². The van der Waals surface area contributed by atoms with Crippen LogP contribution >= 0.6 is 12.2 Å². The zero-order valence-corrected chi connectivity index (χ0v) is 15.2. The lowest BCUT2D eigenvalue weighted by Crippen LogP contribution is -2.39. The van der Waals surface area contributed by atoms with Gasteiger partial charge in [-0.05, 0) is 80.7 Å². The Kier molecular flexibility index (Phi) is 4.86. The third-order valence-electron chi connectivity index (χ3n) is 4.24. The van der Waals surface area contributed by atoms with Crippen LogP contribution < -0.4 is 16.2 Å². The van der Waals surface area contributed by atoms with Gasteiger partial charge in [-0.15, -0.1) is 0 Å². The minimum absolute atomic E-state index is 0.554. The number of aryl methyl sites for hydroxylation is 3. The molecule has 0 aromatic heterocycles. The van der Waals surface area contributed by atoms with Crippen LogP contribution in [0.2, 0.25) is 0 Å². The van der Waals surface area contributed by atoms with Crippen LogP contribution in [0.1, 0.15) is 34.2 Å². The third-order valence-corrected chi connectivity index (χ3v) is 4.44. The first-order valence-corrected chi connectivity index (χ1v) is 8.64. The molecule has 3 rings (SSSR count). The maximum atomic E-state index is 5.39. The van der Waals surface area contributed by atoms with E-state index in [1.54, 1.807) is 0 Å². The Morgan fingerprint density at radius 1 is 1.04 bits per heavy atom. The van der Waals surface area contributed by atoms with Gasteiger partial charge in [0.25, 0.3) is 0 Å². The molecular formula is C20H23N3S. The van der Waals surface area contributed by atoms with Crippen molar-refractivity contribution in [2.75, 3.05) is 5.32 Å². The molecule has 2 aromatic carbocycles. The molecular weight excluding hydrogens is 314 g/mol. The number of allylic oxidation sites excluding steroid dienone is 1. The SMILES string of the molecule is Cc1cccc(NC(=S)NNC2=CCCc3c(C)cc(C)cc32)c1. The highest BCUT2D eigenvalue weighted by Gasteiger charge is 2.15. The van der Waals surface area contributed by atoms with Crippen LogP contribution in [0.4, 0.5) is 5.69 Å². The summed E-state index contributed by atoms with van der Waals surface area (Å²) in [6.07, 6.45) is 4.36. The fraction of sp³-hybridized carbons (Fsp3) is 0.250. The Bertz CT molecular complexity index is 809. The molecule has 24 heavy (non-hydrogen) atoms. The molecule has 0 saturated heterocycles. The molecule has 0 aliphatic heterocycles.